The summed E-state index contributed by atoms with van der Waals surface area (Å²) in [5, 5.41) is 2.46. The first-order chi connectivity index (χ1) is 22.3. The van der Waals surface area contributed by atoms with Gasteiger partial charge in [-0.15, -0.1) is 26.3 Å². The molecule has 1 N–H and O–H groups in total. The van der Waals surface area contributed by atoms with Gasteiger partial charge in [0.1, 0.15) is 17.3 Å². The van der Waals surface area contributed by atoms with E-state index >= 15 is 0 Å². The summed E-state index contributed by atoms with van der Waals surface area (Å²) >= 11 is 0. The van der Waals surface area contributed by atoms with E-state index in [1.807, 2.05) is 0 Å². The van der Waals surface area contributed by atoms with E-state index in [2.05, 4.69) is 19.5 Å². The second kappa shape index (κ2) is 13.4. The van der Waals surface area contributed by atoms with Crippen LogP contribution in [0.4, 0.5) is 43.9 Å². The van der Waals surface area contributed by atoms with Crippen LogP contribution < -0.4 is 14.8 Å². The molecule has 0 aliphatic heterocycles. The molecule has 0 bridgehead atoms. The van der Waals surface area contributed by atoms with Gasteiger partial charge in [0, 0.05) is 12.0 Å². The van der Waals surface area contributed by atoms with Gasteiger partial charge in [0.15, 0.2) is 0 Å². The molecule has 0 aliphatic carbocycles. The van der Waals surface area contributed by atoms with Crippen molar-refractivity contribution in [3.63, 3.8) is 0 Å². The topological polar surface area (TPSA) is 73.9 Å². The predicted molar refractivity (Wildman–Crippen MR) is 147 cm³/mol. The third kappa shape index (κ3) is 8.74. The van der Waals surface area contributed by atoms with E-state index in [4.69, 9.17) is 0 Å². The highest BCUT2D eigenvalue weighted by molar-refractivity contribution is 5.95. The zero-order valence-corrected chi connectivity index (χ0v) is 24.2. The lowest BCUT2D eigenvalue weighted by molar-refractivity contribution is -0.275. The van der Waals surface area contributed by atoms with E-state index in [-0.39, 0.29) is 28.3 Å². The number of halogens is 10. The molecular formula is C32H21F10NO5. The van der Waals surface area contributed by atoms with Crippen molar-refractivity contribution in [3.05, 3.63) is 130 Å². The molecular weight excluding hydrogens is 668 g/mol. The van der Waals surface area contributed by atoms with Crippen LogP contribution in [0.25, 0.3) is 0 Å². The summed E-state index contributed by atoms with van der Waals surface area (Å²) in [7, 11) is 1.11. The van der Waals surface area contributed by atoms with Gasteiger partial charge in [-0.2, -0.15) is 13.2 Å². The molecule has 0 atom stereocenters. The monoisotopic (exact) mass is 689 g/mol. The van der Waals surface area contributed by atoms with Crippen LogP contribution in [0.1, 0.15) is 43.0 Å². The van der Waals surface area contributed by atoms with Crippen molar-refractivity contribution in [2.24, 2.45) is 0 Å². The fourth-order valence-corrected chi connectivity index (χ4v) is 4.81. The minimum Gasteiger partial charge on any atom is -0.465 e. The SMILES string of the molecule is COC(=O)c1ccc(CC(NC(=O)c2ccc(F)c(C(F)(F)F)c2)(c2cccc(OC(F)(F)F)c2)c2cccc(OC(F)(F)F)c2)cc1. The number of carbonyl (C=O) groups excluding carboxylic acids is 2. The van der Waals surface area contributed by atoms with Crippen LogP contribution in [-0.4, -0.2) is 31.7 Å². The predicted octanol–water partition coefficient (Wildman–Crippen LogP) is 8.34. The Morgan fingerprint density at radius 2 is 1.17 bits per heavy atom. The average molecular weight is 690 g/mol. The number of ether oxygens (including phenoxy) is 3. The molecule has 48 heavy (non-hydrogen) atoms. The highest BCUT2D eigenvalue weighted by atomic mass is 19.4. The van der Waals surface area contributed by atoms with Crippen LogP contribution >= 0.6 is 0 Å². The minimum absolute atomic E-state index is 0.0584. The molecule has 0 radical (unpaired) electrons. The molecule has 0 fully saturated rings. The number of amides is 1. The molecule has 4 rings (SSSR count). The van der Waals surface area contributed by atoms with Gasteiger partial charge >= 0.3 is 24.9 Å². The van der Waals surface area contributed by atoms with Crippen LogP contribution in [-0.2, 0) is 22.9 Å². The molecule has 0 heterocycles. The van der Waals surface area contributed by atoms with Crippen molar-refractivity contribution in [2.45, 2.75) is 30.9 Å². The van der Waals surface area contributed by atoms with Crippen molar-refractivity contribution in [1.82, 2.24) is 5.32 Å². The van der Waals surface area contributed by atoms with E-state index in [1.54, 1.807) is 0 Å². The maximum Gasteiger partial charge on any atom is 0.573 e. The maximum absolute atomic E-state index is 14.1. The third-order valence-electron chi connectivity index (χ3n) is 6.83. The first-order valence-electron chi connectivity index (χ1n) is 13.4. The van der Waals surface area contributed by atoms with Gasteiger partial charge in [-0.1, -0.05) is 36.4 Å². The lowest BCUT2D eigenvalue weighted by atomic mass is 9.77. The van der Waals surface area contributed by atoms with E-state index in [0.717, 1.165) is 43.5 Å². The molecule has 0 aliphatic rings. The first kappa shape index (κ1) is 35.6. The van der Waals surface area contributed by atoms with Gasteiger partial charge in [0.25, 0.3) is 5.91 Å². The summed E-state index contributed by atoms with van der Waals surface area (Å²) in [5.74, 6) is -5.40. The highest BCUT2D eigenvalue weighted by Gasteiger charge is 2.41. The Balaban J connectivity index is 1.98. The summed E-state index contributed by atoms with van der Waals surface area (Å²) in [5.41, 5.74) is -4.94. The van der Waals surface area contributed by atoms with Gasteiger partial charge in [0.05, 0.1) is 23.8 Å². The Labute approximate surface area is 264 Å². The fraction of sp³-hybridized carbons (Fsp3) is 0.188. The summed E-state index contributed by atoms with van der Waals surface area (Å²) in [6.45, 7) is 0. The van der Waals surface area contributed by atoms with Gasteiger partial charge in [-0.3, -0.25) is 4.79 Å². The molecule has 4 aromatic rings. The van der Waals surface area contributed by atoms with Crippen LogP contribution in [0.15, 0.2) is 91.0 Å². The second-order valence-corrected chi connectivity index (χ2v) is 10.1. The van der Waals surface area contributed by atoms with Gasteiger partial charge in [-0.05, 0) is 71.3 Å². The molecule has 0 saturated carbocycles. The maximum atomic E-state index is 14.1. The number of alkyl halides is 9. The van der Waals surface area contributed by atoms with Crippen molar-refractivity contribution >= 4 is 11.9 Å². The Morgan fingerprint density at radius 1 is 0.667 bits per heavy atom. The van der Waals surface area contributed by atoms with E-state index in [1.165, 1.54) is 36.4 Å². The highest BCUT2D eigenvalue weighted by Crippen LogP contribution is 2.39. The van der Waals surface area contributed by atoms with Crippen LogP contribution in [0.2, 0.25) is 0 Å². The average Bonchev–Trinajstić information content (AvgIpc) is 2.99. The zero-order valence-electron chi connectivity index (χ0n) is 24.2. The van der Waals surface area contributed by atoms with Crippen molar-refractivity contribution in [3.8, 4) is 11.5 Å². The molecule has 0 aromatic heterocycles. The van der Waals surface area contributed by atoms with Gasteiger partial charge < -0.3 is 19.5 Å². The fourth-order valence-electron chi connectivity index (χ4n) is 4.81. The van der Waals surface area contributed by atoms with Gasteiger partial charge in [-0.25, -0.2) is 9.18 Å². The lowest BCUT2D eigenvalue weighted by Crippen LogP contribution is -2.48. The molecule has 254 valence electrons. The number of hydrogen-bond donors (Lipinski definition) is 1. The zero-order chi connectivity index (χ0) is 35.5. The number of benzene rings is 4. The van der Waals surface area contributed by atoms with Crippen LogP contribution in [0, 0.1) is 5.82 Å². The molecule has 6 nitrogen and oxygen atoms in total. The number of hydrogen-bond acceptors (Lipinski definition) is 5. The van der Waals surface area contributed by atoms with E-state index in [0.29, 0.717) is 12.1 Å². The smallest absolute Gasteiger partial charge is 0.465 e. The third-order valence-corrected chi connectivity index (χ3v) is 6.83. The summed E-state index contributed by atoms with van der Waals surface area (Å²) < 4.78 is 146. The van der Waals surface area contributed by atoms with Gasteiger partial charge in [0.2, 0.25) is 0 Å². The Kier molecular flexibility index (Phi) is 9.97. The Hall–Kier alpha value is -5.28. The van der Waals surface area contributed by atoms with Crippen LogP contribution in [0.3, 0.4) is 0 Å². The van der Waals surface area contributed by atoms with E-state index in [9.17, 15) is 53.5 Å². The Bertz CT molecular complexity index is 1720. The van der Waals surface area contributed by atoms with E-state index < -0.39 is 71.2 Å². The second-order valence-electron chi connectivity index (χ2n) is 10.1. The molecule has 0 spiro atoms. The molecule has 1 amide bonds. The number of methoxy groups -OCH3 is 1. The van der Waals surface area contributed by atoms with Crippen molar-refractivity contribution in [2.75, 3.05) is 7.11 Å². The van der Waals surface area contributed by atoms with Crippen molar-refractivity contribution < 1.29 is 67.7 Å². The summed E-state index contributed by atoms with van der Waals surface area (Å²) in [6.07, 6.45) is -16.1. The largest absolute Gasteiger partial charge is 0.573 e. The molecule has 16 heteroatoms. The van der Waals surface area contributed by atoms with Crippen molar-refractivity contribution in [1.29, 1.82) is 0 Å². The minimum atomic E-state index is -5.23. The number of nitrogens with one attached hydrogen (secondary N) is 1. The lowest BCUT2D eigenvalue weighted by Gasteiger charge is -2.37. The quantitative estimate of drug-likeness (QED) is 0.141. The first-order valence-corrected chi connectivity index (χ1v) is 13.4. The standard InChI is InChI=1S/C32H21F10NO5/c1-46-28(45)19-10-8-18(9-11-19)17-29(21-4-2-6-23(15-21)47-31(37,38)39,22-5-3-7-24(16-22)48-32(40,41)42)43-27(44)20-12-13-26(33)25(14-20)30(34,35)36/h2-16H,17H2,1H3,(H,43,44). The van der Waals surface area contributed by atoms with Crippen LogP contribution in [0.5, 0.6) is 11.5 Å². The molecule has 0 saturated heterocycles. The summed E-state index contributed by atoms with van der Waals surface area (Å²) in [6, 6.07) is 14.5. The number of esters is 1. The molecule has 4 aromatic carbocycles. The number of rotatable bonds is 9. The molecule has 0 unspecified atom stereocenters. The Morgan fingerprint density at radius 3 is 1.62 bits per heavy atom. The normalized spacial score (nSPS) is 12.3. The summed E-state index contributed by atoms with van der Waals surface area (Å²) in [4.78, 5) is 25.7. The number of carbonyl (C=O) groups is 2.